The van der Waals surface area contributed by atoms with Crippen LogP contribution in [0, 0.1) is 0 Å². The van der Waals surface area contributed by atoms with Gasteiger partial charge in [-0.3, -0.25) is 4.79 Å². The van der Waals surface area contributed by atoms with Crippen LogP contribution in [0.2, 0.25) is 0 Å². The fourth-order valence-electron chi connectivity index (χ4n) is 3.00. The number of benzene rings is 2. The lowest BCUT2D eigenvalue weighted by Gasteiger charge is -2.24. The molecule has 3 aromatic rings. The Morgan fingerprint density at radius 1 is 1.11 bits per heavy atom. The number of carbonyl (C=O) groups excluding carboxylic acids is 1. The van der Waals surface area contributed by atoms with Crippen LogP contribution in [0.15, 0.2) is 46.9 Å². The number of fused-ring (bicyclic) bond motifs is 1. The third-order valence-electron chi connectivity index (χ3n) is 4.56. The molecule has 7 nitrogen and oxygen atoms in total. The molecule has 1 N–H and O–H groups in total. The Hall–Kier alpha value is -3.06. The highest BCUT2D eigenvalue weighted by atomic mass is 16.5. The molecule has 140 valence electrons. The summed E-state index contributed by atoms with van der Waals surface area (Å²) >= 11 is 0. The minimum Gasteiger partial charge on any atom is -0.423 e. The molecular weight excluding hydrogens is 344 g/mol. The first kappa shape index (κ1) is 17.4. The predicted octanol–water partition coefficient (Wildman–Crippen LogP) is 2.98. The van der Waals surface area contributed by atoms with Gasteiger partial charge in [-0.1, -0.05) is 0 Å². The summed E-state index contributed by atoms with van der Waals surface area (Å²) in [5.41, 5.74) is 3.76. The third kappa shape index (κ3) is 3.73. The van der Waals surface area contributed by atoms with Crippen molar-refractivity contribution in [3.05, 3.63) is 48.0 Å². The van der Waals surface area contributed by atoms with Crippen molar-refractivity contribution in [2.75, 3.05) is 55.5 Å². The highest BCUT2D eigenvalue weighted by molar-refractivity contribution is 6.05. The molecule has 0 bridgehead atoms. The van der Waals surface area contributed by atoms with E-state index >= 15 is 0 Å². The zero-order valence-electron chi connectivity index (χ0n) is 15.4. The quantitative estimate of drug-likeness (QED) is 0.765. The van der Waals surface area contributed by atoms with Crippen LogP contribution in [0.5, 0.6) is 0 Å². The molecule has 0 spiro atoms. The molecular formula is C20H22N4O3. The molecule has 1 fully saturated rings. The van der Waals surface area contributed by atoms with E-state index in [0.717, 1.165) is 24.3 Å². The molecule has 27 heavy (non-hydrogen) atoms. The Morgan fingerprint density at radius 2 is 1.85 bits per heavy atom. The number of anilines is 3. The molecule has 7 heteroatoms. The number of amides is 1. The summed E-state index contributed by atoms with van der Waals surface area (Å²) in [5, 5.41) is 2.92. The van der Waals surface area contributed by atoms with Gasteiger partial charge in [-0.05, 0) is 42.5 Å². The molecule has 2 heterocycles. The molecule has 1 saturated heterocycles. The van der Waals surface area contributed by atoms with E-state index in [9.17, 15) is 4.79 Å². The minimum absolute atomic E-state index is 0.156. The third-order valence-corrected chi connectivity index (χ3v) is 4.56. The summed E-state index contributed by atoms with van der Waals surface area (Å²) in [7, 11) is 3.93. The Kier molecular flexibility index (Phi) is 4.68. The number of morpholine rings is 1. The number of nitrogens with one attached hydrogen (secondary N) is 1. The van der Waals surface area contributed by atoms with Crippen LogP contribution in [-0.4, -0.2) is 51.3 Å². The molecule has 0 radical (unpaired) electrons. The average molecular weight is 366 g/mol. The lowest BCUT2D eigenvalue weighted by Crippen LogP contribution is -2.36. The van der Waals surface area contributed by atoms with E-state index in [0.29, 0.717) is 36.1 Å². The first-order chi connectivity index (χ1) is 13.1. The van der Waals surface area contributed by atoms with E-state index in [-0.39, 0.29) is 5.91 Å². The monoisotopic (exact) mass is 366 g/mol. The molecule has 0 atom stereocenters. The van der Waals surface area contributed by atoms with E-state index in [1.54, 1.807) is 0 Å². The van der Waals surface area contributed by atoms with Gasteiger partial charge in [0.15, 0.2) is 5.58 Å². The maximum Gasteiger partial charge on any atom is 0.298 e. The van der Waals surface area contributed by atoms with Gasteiger partial charge >= 0.3 is 0 Å². The molecule has 4 rings (SSSR count). The topological polar surface area (TPSA) is 70.8 Å². The summed E-state index contributed by atoms with van der Waals surface area (Å²) in [4.78, 5) is 21.1. The first-order valence-electron chi connectivity index (χ1n) is 8.92. The van der Waals surface area contributed by atoms with Gasteiger partial charge in [0.05, 0.1) is 13.2 Å². The van der Waals surface area contributed by atoms with Gasteiger partial charge in [-0.15, -0.1) is 0 Å². The van der Waals surface area contributed by atoms with Crippen molar-refractivity contribution < 1.29 is 13.9 Å². The van der Waals surface area contributed by atoms with Crippen LogP contribution in [0.3, 0.4) is 0 Å². The van der Waals surface area contributed by atoms with Gasteiger partial charge in [0, 0.05) is 44.1 Å². The summed E-state index contributed by atoms with van der Waals surface area (Å²) in [6, 6.07) is 13.5. The van der Waals surface area contributed by atoms with Gasteiger partial charge in [0.1, 0.15) is 5.52 Å². The fraction of sp³-hybridized carbons (Fsp3) is 0.300. The fourth-order valence-corrected chi connectivity index (χ4v) is 3.00. The van der Waals surface area contributed by atoms with Crippen molar-refractivity contribution in [3.63, 3.8) is 0 Å². The number of hydrogen-bond donors (Lipinski definition) is 1. The summed E-state index contributed by atoms with van der Waals surface area (Å²) < 4.78 is 11.2. The first-order valence-corrected chi connectivity index (χ1v) is 8.92. The van der Waals surface area contributed by atoms with E-state index in [2.05, 4.69) is 15.2 Å². The van der Waals surface area contributed by atoms with Gasteiger partial charge in [0.25, 0.3) is 11.9 Å². The predicted molar refractivity (Wildman–Crippen MR) is 106 cm³/mol. The lowest BCUT2D eigenvalue weighted by atomic mass is 10.2. The highest BCUT2D eigenvalue weighted by Crippen LogP contribution is 2.25. The number of rotatable bonds is 4. The Labute approximate surface area is 157 Å². The summed E-state index contributed by atoms with van der Waals surface area (Å²) in [6.07, 6.45) is 0. The van der Waals surface area contributed by atoms with E-state index in [1.807, 2.05) is 61.5 Å². The summed E-state index contributed by atoms with van der Waals surface area (Å²) in [5.74, 6) is -0.156. The van der Waals surface area contributed by atoms with Crippen LogP contribution < -0.4 is 15.1 Å². The van der Waals surface area contributed by atoms with Crippen molar-refractivity contribution in [2.24, 2.45) is 0 Å². The molecule has 0 saturated carbocycles. The van der Waals surface area contributed by atoms with Crippen molar-refractivity contribution in [1.29, 1.82) is 0 Å². The van der Waals surface area contributed by atoms with Crippen molar-refractivity contribution in [3.8, 4) is 0 Å². The van der Waals surface area contributed by atoms with Gasteiger partial charge in [-0.2, -0.15) is 4.98 Å². The maximum absolute atomic E-state index is 12.5. The largest absolute Gasteiger partial charge is 0.423 e. The number of aromatic nitrogens is 1. The zero-order valence-corrected chi connectivity index (χ0v) is 15.4. The Balaban J connectivity index is 1.50. The van der Waals surface area contributed by atoms with Crippen LogP contribution in [0.4, 0.5) is 17.4 Å². The van der Waals surface area contributed by atoms with Crippen molar-refractivity contribution >= 4 is 34.4 Å². The number of carbonyl (C=O) groups is 1. The standard InChI is InChI=1S/C20H22N4O3/c1-23(2)16-6-3-14(4-7-16)19(25)21-15-5-8-18-17(13-15)22-20(27-18)24-9-11-26-12-10-24/h3-8,13H,9-12H2,1-2H3,(H,21,25). The normalized spacial score (nSPS) is 14.4. The van der Waals surface area contributed by atoms with E-state index in [1.165, 1.54) is 0 Å². The zero-order chi connectivity index (χ0) is 18.8. The number of hydrogen-bond acceptors (Lipinski definition) is 6. The van der Waals surface area contributed by atoms with Crippen LogP contribution >= 0.6 is 0 Å². The molecule has 2 aromatic carbocycles. The van der Waals surface area contributed by atoms with Gasteiger partial charge in [-0.25, -0.2) is 0 Å². The average Bonchev–Trinajstić information content (AvgIpc) is 3.12. The molecule has 1 aliphatic rings. The molecule has 1 aromatic heterocycles. The van der Waals surface area contributed by atoms with Crippen molar-refractivity contribution in [1.82, 2.24) is 4.98 Å². The second-order valence-corrected chi connectivity index (χ2v) is 6.67. The Morgan fingerprint density at radius 3 is 2.56 bits per heavy atom. The van der Waals surface area contributed by atoms with E-state index < -0.39 is 0 Å². The molecule has 0 aliphatic carbocycles. The molecule has 1 amide bonds. The summed E-state index contributed by atoms with van der Waals surface area (Å²) in [6.45, 7) is 2.87. The van der Waals surface area contributed by atoms with Crippen LogP contribution in [0.1, 0.15) is 10.4 Å². The molecule has 1 aliphatic heterocycles. The van der Waals surface area contributed by atoms with Crippen LogP contribution in [-0.2, 0) is 4.74 Å². The van der Waals surface area contributed by atoms with Gasteiger partial charge < -0.3 is 24.3 Å². The second-order valence-electron chi connectivity index (χ2n) is 6.67. The van der Waals surface area contributed by atoms with Gasteiger partial charge in [0.2, 0.25) is 0 Å². The lowest BCUT2D eigenvalue weighted by molar-refractivity contribution is 0.102. The Bertz CT molecular complexity index is 944. The minimum atomic E-state index is -0.156. The number of ether oxygens (including phenoxy) is 1. The SMILES string of the molecule is CN(C)c1ccc(C(=O)Nc2ccc3oc(N4CCOCC4)nc3c2)cc1. The molecule has 0 unspecified atom stereocenters. The second kappa shape index (κ2) is 7.28. The van der Waals surface area contributed by atoms with Crippen LogP contribution in [0.25, 0.3) is 11.1 Å². The number of nitrogens with zero attached hydrogens (tertiary/aromatic N) is 3. The van der Waals surface area contributed by atoms with Crippen molar-refractivity contribution in [2.45, 2.75) is 0 Å². The smallest absolute Gasteiger partial charge is 0.298 e. The maximum atomic E-state index is 12.5. The van der Waals surface area contributed by atoms with E-state index in [4.69, 9.17) is 9.15 Å². The highest BCUT2D eigenvalue weighted by Gasteiger charge is 2.17. The number of oxazole rings is 1.